The van der Waals surface area contributed by atoms with Crippen LogP contribution in [0.5, 0.6) is 0 Å². The van der Waals surface area contributed by atoms with Gasteiger partial charge in [0.15, 0.2) is 0 Å². The summed E-state index contributed by atoms with van der Waals surface area (Å²) in [5.74, 6) is 2.52. The molecule has 0 fully saturated rings. The van der Waals surface area contributed by atoms with E-state index in [2.05, 4.69) is 27.7 Å². The number of hydrogen-bond donors (Lipinski definition) is 0. The molecular formula is C18H37. The molecule has 0 aromatic carbocycles. The lowest BCUT2D eigenvalue weighted by Gasteiger charge is -2.18. The Morgan fingerprint density at radius 2 is 1.11 bits per heavy atom. The van der Waals surface area contributed by atoms with Crippen LogP contribution in [0.3, 0.4) is 0 Å². The minimum absolute atomic E-state index is 0.888. The van der Waals surface area contributed by atoms with E-state index >= 15 is 0 Å². The lowest BCUT2D eigenvalue weighted by Crippen LogP contribution is -2.05. The second-order valence-electron chi connectivity index (χ2n) is 6.15. The van der Waals surface area contributed by atoms with Crippen molar-refractivity contribution in [1.29, 1.82) is 0 Å². The Balaban J connectivity index is 3.15. The third kappa shape index (κ3) is 11.1. The molecule has 0 nitrogen and oxygen atoms in total. The molecule has 1 unspecified atom stereocenters. The molecule has 1 atom stereocenters. The van der Waals surface area contributed by atoms with E-state index in [-0.39, 0.29) is 0 Å². The molecule has 109 valence electrons. The van der Waals surface area contributed by atoms with Crippen LogP contribution in [0, 0.1) is 11.8 Å². The van der Waals surface area contributed by atoms with Gasteiger partial charge in [0.2, 0.25) is 0 Å². The average molecular weight is 253 g/mol. The summed E-state index contributed by atoms with van der Waals surface area (Å²) in [6.07, 6.45) is 17.3. The average Bonchev–Trinajstić information content (AvgIpc) is 2.35. The van der Waals surface area contributed by atoms with Crippen molar-refractivity contribution in [2.24, 2.45) is 5.92 Å². The lowest BCUT2D eigenvalue weighted by atomic mass is 9.88. The summed E-state index contributed by atoms with van der Waals surface area (Å²) in [7, 11) is 0. The van der Waals surface area contributed by atoms with Crippen molar-refractivity contribution in [1.82, 2.24) is 0 Å². The van der Waals surface area contributed by atoms with Gasteiger partial charge in [-0.2, -0.15) is 0 Å². The lowest BCUT2D eigenvalue weighted by molar-refractivity contribution is 0.451. The predicted octanol–water partition coefficient (Wildman–Crippen LogP) is 6.94. The van der Waals surface area contributed by atoms with Crippen LogP contribution < -0.4 is 0 Å². The molecular weight excluding hydrogens is 216 g/mol. The predicted molar refractivity (Wildman–Crippen MR) is 84.8 cm³/mol. The van der Waals surface area contributed by atoms with Crippen molar-refractivity contribution in [2.75, 3.05) is 0 Å². The van der Waals surface area contributed by atoms with Crippen molar-refractivity contribution in [2.45, 2.75) is 105 Å². The third-order valence-corrected chi connectivity index (χ3v) is 4.22. The molecule has 18 heavy (non-hydrogen) atoms. The van der Waals surface area contributed by atoms with Crippen molar-refractivity contribution in [3.05, 3.63) is 5.92 Å². The van der Waals surface area contributed by atoms with Gasteiger partial charge in [-0.15, -0.1) is 0 Å². The molecule has 0 aliphatic rings. The Morgan fingerprint density at radius 1 is 0.667 bits per heavy atom. The summed E-state index contributed by atoms with van der Waals surface area (Å²) < 4.78 is 0. The summed E-state index contributed by atoms with van der Waals surface area (Å²) in [6, 6.07) is 0. The highest BCUT2D eigenvalue weighted by Gasteiger charge is 2.10. The van der Waals surface area contributed by atoms with Gasteiger partial charge in [0.25, 0.3) is 0 Å². The Labute approximate surface area is 117 Å². The highest BCUT2D eigenvalue weighted by atomic mass is 14.2. The SMILES string of the molecule is CCCCCCCCCCCCC(CC)[C](C)C. The molecule has 0 aromatic heterocycles. The Bertz CT molecular complexity index is 148. The molecule has 0 spiro atoms. The zero-order valence-corrected chi connectivity index (χ0v) is 13.6. The first-order valence-corrected chi connectivity index (χ1v) is 8.52. The molecule has 1 radical (unpaired) electrons. The molecule has 0 saturated heterocycles. The number of unbranched alkanes of at least 4 members (excludes halogenated alkanes) is 9. The highest BCUT2D eigenvalue weighted by Crippen LogP contribution is 2.23. The largest absolute Gasteiger partial charge is 0.0654 e. The van der Waals surface area contributed by atoms with E-state index in [1.165, 1.54) is 77.0 Å². The summed E-state index contributed by atoms with van der Waals surface area (Å²) in [5.41, 5.74) is 0. The van der Waals surface area contributed by atoms with Gasteiger partial charge in [-0.05, 0) is 18.3 Å². The Kier molecular flexibility index (Phi) is 13.4. The summed E-state index contributed by atoms with van der Waals surface area (Å²) >= 11 is 0. The van der Waals surface area contributed by atoms with E-state index in [1.54, 1.807) is 5.92 Å². The van der Waals surface area contributed by atoms with E-state index in [9.17, 15) is 0 Å². The first kappa shape index (κ1) is 18.0. The Hall–Kier alpha value is 0. The van der Waals surface area contributed by atoms with E-state index in [1.807, 2.05) is 0 Å². The zero-order chi connectivity index (χ0) is 13.6. The van der Waals surface area contributed by atoms with Crippen molar-refractivity contribution in [3.8, 4) is 0 Å². The summed E-state index contributed by atoms with van der Waals surface area (Å²) in [5, 5.41) is 0. The van der Waals surface area contributed by atoms with Crippen LogP contribution in [0.25, 0.3) is 0 Å². The summed E-state index contributed by atoms with van der Waals surface area (Å²) in [4.78, 5) is 0. The molecule has 0 aliphatic heterocycles. The maximum Gasteiger partial charge on any atom is -0.0272 e. The van der Waals surface area contributed by atoms with Gasteiger partial charge in [-0.1, -0.05) is 98.3 Å². The second kappa shape index (κ2) is 13.4. The van der Waals surface area contributed by atoms with Crippen molar-refractivity contribution >= 4 is 0 Å². The fourth-order valence-electron chi connectivity index (χ4n) is 2.78. The minimum Gasteiger partial charge on any atom is -0.0654 e. The van der Waals surface area contributed by atoms with Gasteiger partial charge < -0.3 is 0 Å². The van der Waals surface area contributed by atoms with Gasteiger partial charge in [0, 0.05) is 0 Å². The van der Waals surface area contributed by atoms with Crippen LogP contribution in [0.15, 0.2) is 0 Å². The van der Waals surface area contributed by atoms with Crippen LogP contribution in [0.4, 0.5) is 0 Å². The number of hydrogen-bond acceptors (Lipinski definition) is 0. The van der Waals surface area contributed by atoms with Crippen LogP contribution in [0.1, 0.15) is 105 Å². The molecule has 0 amide bonds. The summed E-state index contributed by atoms with van der Waals surface area (Å²) in [6.45, 7) is 9.21. The quantitative estimate of drug-likeness (QED) is 0.312. The van der Waals surface area contributed by atoms with Crippen LogP contribution >= 0.6 is 0 Å². The maximum atomic E-state index is 2.33. The standard InChI is InChI=1S/C18H37/c1-5-7-8-9-10-11-12-13-14-15-16-18(6-2)17(3)4/h18H,5-16H2,1-4H3. The molecule has 0 bridgehead atoms. The van der Waals surface area contributed by atoms with Crippen LogP contribution in [-0.2, 0) is 0 Å². The second-order valence-corrected chi connectivity index (χ2v) is 6.15. The van der Waals surface area contributed by atoms with E-state index < -0.39 is 0 Å². The highest BCUT2D eigenvalue weighted by molar-refractivity contribution is 4.85. The monoisotopic (exact) mass is 253 g/mol. The fraction of sp³-hybridized carbons (Fsp3) is 0.944. The van der Waals surface area contributed by atoms with Gasteiger partial charge in [0.1, 0.15) is 0 Å². The minimum atomic E-state index is 0.888. The molecule has 0 N–H and O–H groups in total. The topological polar surface area (TPSA) is 0 Å². The van der Waals surface area contributed by atoms with Gasteiger partial charge >= 0.3 is 0 Å². The Morgan fingerprint density at radius 3 is 1.50 bits per heavy atom. The van der Waals surface area contributed by atoms with Crippen molar-refractivity contribution in [3.63, 3.8) is 0 Å². The molecule has 0 rings (SSSR count). The zero-order valence-electron chi connectivity index (χ0n) is 13.6. The number of rotatable bonds is 13. The third-order valence-electron chi connectivity index (χ3n) is 4.22. The first-order valence-electron chi connectivity index (χ1n) is 8.52. The van der Waals surface area contributed by atoms with E-state index in [0.29, 0.717) is 0 Å². The van der Waals surface area contributed by atoms with Gasteiger partial charge in [-0.3, -0.25) is 0 Å². The smallest absolute Gasteiger partial charge is 0.0272 e. The van der Waals surface area contributed by atoms with Crippen molar-refractivity contribution < 1.29 is 0 Å². The van der Waals surface area contributed by atoms with E-state index in [4.69, 9.17) is 0 Å². The van der Waals surface area contributed by atoms with Gasteiger partial charge in [-0.25, -0.2) is 0 Å². The normalized spacial score (nSPS) is 13.2. The maximum absolute atomic E-state index is 2.33. The van der Waals surface area contributed by atoms with E-state index in [0.717, 1.165) is 5.92 Å². The molecule has 0 aliphatic carbocycles. The molecule has 0 heteroatoms. The van der Waals surface area contributed by atoms with Crippen LogP contribution in [-0.4, -0.2) is 0 Å². The molecule has 0 aromatic rings. The molecule has 0 saturated carbocycles. The fourth-order valence-corrected chi connectivity index (χ4v) is 2.78. The first-order chi connectivity index (χ1) is 8.72. The molecule has 0 heterocycles. The van der Waals surface area contributed by atoms with Gasteiger partial charge in [0.05, 0.1) is 0 Å². The van der Waals surface area contributed by atoms with Crippen LogP contribution in [0.2, 0.25) is 0 Å².